The molecule has 11 heteroatoms. The van der Waals surface area contributed by atoms with Crippen molar-refractivity contribution in [3.63, 3.8) is 0 Å². The molecule has 1 aliphatic heterocycles. The second-order valence-corrected chi connectivity index (χ2v) is 9.24. The monoisotopic (exact) mass is 528 g/mol. The van der Waals surface area contributed by atoms with E-state index in [1.807, 2.05) is 20.9 Å². The Kier molecular flexibility index (Phi) is 9.33. The molecule has 2 aromatic rings. The molecule has 0 radical (unpaired) electrons. The van der Waals surface area contributed by atoms with Crippen LogP contribution in [0.3, 0.4) is 0 Å². The molecule has 0 atom stereocenters. The number of amides is 1. The van der Waals surface area contributed by atoms with Gasteiger partial charge in [0, 0.05) is 30.4 Å². The van der Waals surface area contributed by atoms with Crippen LogP contribution in [0.5, 0.6) is 0 Å². The second kappa shape index (κ2) is 12.1. The molecule has 2 heterocycles. The number of aromatic nitrogens is 1. The third-order valence-corrected chi connectivity index (χ3v) is 6.81. The summed E-state index contributed by atoms with van der Waals surface area (Å²) in [6.45, 7) is 5.23. The summed E-state index contributed by atoms with van der Waals surface area (Å²) >= 11 is 0. The van der Waals surface area contributed by atoms with Gasteiger partial charge in [0.25, 0.3) is 24.3 Å². The summed E-state index contributed by atoms with van der Waals surface area (Å²) in [5.41, 5.74) is -3.05. The van der Waals surface area contributed by atoms with E-state index in [0.29, 0.717) is 0 Å². The van der Waals surface area contributed by atoms with E-state index in [4.69, 9.17) is 0 Å². The van der Waals surface area contributed by atoms with E-state index in [2.05, 4.69) is 15.5 Å². The summed E-state index contributed by atoms with van der Waals surface area (Å²) in [6, 6.07) is 4.62. The molecule has 2 aliphatic rings. The zero-order valence-electron chi connectivity index (χ0n) is 21.2. The zero-order chi connectivity index (χ0) is 27.3. The number of alkyl halides is 4. The lowest BCUT2D eigenvalue weighted by molar-refractivity contribution is 0.0648. The molecule has 4 rings (SSSR count). The first kappa shape index (κ1) is 28.6. The van der Waals surface area contributed by atoms with Crippen molar-refractivity contribution in [1.82, 2.24) is 14.8 Å². The normalized spacial score (nSPS) is 17.4. The lowest BCUT2D eigenvalue weighted by Crippen LogP contribution is -2.39. The minimum absolute atomic E-state index is 0.0295. The zero-order valence-corrected chi connectivity index (χ0v) is 21.2. The third-order valence-electron chi connectivity index (χ3n) is 6.81. The van der Waals surface area contributed by atoms with Crippen LogP contribution in [0.25, 0.3) is 0 Å². The summed E-state index contributed by atoms with van der Waals surface area (Å²) in [7, 11) is 1.98. The topological polar surface area (TPSA) is 66.4 Å². The van der Waals surface area contributed by atoms with Gasteiger partial charge >= 0.3 is 0 Å². The van der Waals surface area contributed by atoms with Gasteiger partial charge in [0.2, 0.25) is 0 Å². The minimum Gasteiger partial charge on any atom is -0.381 e. The van der Waals surface area contributed by atoms with Crippen molar-refractivity contribution in [3.05, 3.63) is 63.3 Å². The van der Waals surface area contributed by atoms with Crippen molar-refractivity contribution in [2.45, 2.75) is 70.5 Å². The van der Waals surface area contributed by atoms with E-state index in [1.54, 1.807) is 0 Å². The maximum Gasteiger partial charge on any atom is 0.266 e. The van der Waals surface area contributed by atoms with Crippen LogP contribution in [0.15, 0.2) is 35.3 Å². The molecule has 37 heavy (non-hydrogen) atoms. The van der Waals surface area contributed by atoms with Crippen molar-refractivity contribution >= 4 is 11.6 Å². The molecule has 204 valence electrons. The first-order valence-corrected chi connectivity index (χ1v) is 12.5. The predicted octanol–water partition coefficient (Wildman–Crippen LogP) is 5.14. The number of carbonyl (C=O) groups is 1. The molecule has 2 fully saturated rings. The molecule has 1 aromatic heterocycles. The molecule has 1 aromatic carbocycles. The molecular formula is C26H33F5N4O2. The first-order valence-electron chi connectivity index (χ1n) is 12.5. The number of benzene rings is 1. The Labute approximate surface area is 212 Å². The Morgan fingerprint density at radius 1 is 1.14 bits per heavy atom. The first-order chi connectivity index (χ1) is 17.6. The molecule has 1 saturated heterocycles. The van der Waals surface area contributed by atoms with Gasteiger partial charge in [-0.15, -0.1) is 0 Å². The molecule has 0 unspecified atom stereocenters. The van der Waals surface area contributed by atoms with E-state index in [-0.39, 0.29) is 35.7 Å². The van der Waals surface area contributed by atoms with Crippen LogP contribution >= 0.6 is 0 Å². The molecule has 1 saturated carbocycles. The highest BCUT2D eigenvalue weighted by Gasteiger charge is 2.53. The van der Waals surface area contributed by atoms with Crippen molar-refractivity contribution < 1.29 is 26.7 Å². The van der Waals surface area contributed by atoms with Crippen molar-refractivity contribution in [2.75, 3.05) is 25.5 Å². The summed E-state index contributed by atoms with van der Waals surface area (Å²) in [5, 5.41) is 5.67. The van der Waals surface area contributed by atoms with E-state index < -0.39 is 47.8 Å². The van der Waals surface area contributed by atoms with Gasteiger partial charge in [-0.3, -0.25) is 9.59 Å². The van der Waals surface area contributed by atoms with Crippen molar-refractivity contribution in [2.24, 2.45) is 0 Å². The van der Waals surface area contributed by atoms with Gasteiger partial charge in [-0.25, -0.2) is 22.0 Å². The fourth-order valence-electron chi connectivity index (χ4n) is 4.42. The number of nitrogens with zero attached hydrogens (tertiary/aromatic N) is 2. The summed E-state index contributed by atoms with van der Waals surface area (Å²) in [6.07, 6.45) is -2.93. The Hall–Kier alpha value is -2.95. The lowest BCUT2D eigenvalue weighted by atomic mass is 10.0. The number of nitrogens with one attached hydrogen (secondary N) is 2. The quantitative estimate of drug-likeness (QED) is 0.466. The highest BCUT2D eigenvalue weighted by atomic mass is 19.3. The minimum atomic E-state index is -3.01. The van der Waals surface area contributed by atoms with Gasteiger partial charge in [0.15, 0.2) is 0 Å². The Balaban J connectivity index is 0.00000186. The van der Waals surface area contributed by atoms with Crippen LogP contribution in [-0.4, -0.2) is 48.0 Å². The van der Waals surface area contributed by atoms with Gasteiger partial charge in [0.1, 0.15) is 11.4 Å². The smallest absolute Gasteiger partial charge is 0.266 e. The van der Waals surface area contributed by atoms with Gasteiger partial charge in [-0.2, -0.15) is 0 Å². The number of piperidine rings is 1. The standard InChI is InChI=1S/C24H27F5N4O2.C2H6/c1-32-9-5-15(6-10-32)31-18-11-19(34)33(24(7-8-24)23(28)29)13-17(18)22(35)30-12-14-3-2-4-16(20(14)25)21(26)27;1-2/h2-4,11,13,15,21,23,31H,5-10,12H2,1H3,(H,30,35);1-2H3. The van der Waals surface area contributed by atoms with Crippen molar-refractivity contribution in [3.8, 4) is 0 Å². The number of anilines is 1. The van der Waals surface area contributed by atoms with E-state index in [1.165, 1.54) is 12.1 Å². The number of rotatable bonds is 8. The lowest BCUT2D eigenvalue weighted by Gasteiger charge is -2.31. The highest BCUT2D eigenvalue weighted by molar-refractivity contribution is 5.99. The average molecular weight is 529 g/mol. The molecule has 6 nitrogen and oxygen atoms in total. The Morgan fingerprint density at radius 2 is 1.78 bits per heavy atom. The average Bonchev–Trinajstić information content (AvgIpc) is 3.68. The fourth-order valence-corrected chi connectivity index (χ4v) is 4.42. The molecule has 2 N–H and O–H groups in total. The van der Waals surface area contributed by atoms with Gasteiger partial charge in [-0.05, 0) is 45.8 Å². The SMILES string of the molecule is CC.CN1CCC(Nc2cc(=O)n(C3(C(F)F)CC3)cc2C(=O)NCc2cccc(C(F)F)c2F)CC1. The number of hydrogen-bond acceptors (Lipinski definition) is 4. The van der Waals surface area contributed by atoms with Crippen LogP contribution in [0.2, 0.25) is 0 Å². The molecule has 1 amide bonds. The number of hydrogen-bond donors (Lipinski definition) is 2. The Morgan fingerprint density at radius 3 is 2.35 bits per heavy atom. The van der Waals surface area contributed by atoms with E-state index in [9.17, 15) is 31.5 Å². The van der Waals surface area contributed by atoms with Crippen LogP contribution in [0.4, 0.5) is 27.6 Å². The molecule has 0 spiro atoms. The largest absolute Gasteiger partial charge is 0.381 e. The second-order valence-electron chi connectivity index (χ2n) is 9.24. The van der Waals surface area contributed by atoms with Gasteiger partial charge in [-0.1, -0.05) is 32.0 Å². The van der Waals surface area contributed by atoms with Crippen LogP contribution in [-0.2, 0) is 12.1 Å². The molecule has 0 bridgehead atoms. The van der Waals surface area contributed by atoms with Crippen LogP contribution in [0.1, 0.15) is 67.4 Å². The van der Waals surface area contributed by atoms with Crippen LogP contribution < -0.4 is 16.2 Å². The molecular weight excluding hydrogens is 495 g/mol. The number of likely N-dealkylation sites (tertiary alicyclic amines) is 1. The maximum atomic E-state index is 14.4. The maximum absolute atomic E-state index is 14.4. The Bertz CT molecular complexity index is 1140. The number of halogens is 5. The van der Waals surface area contributed by atoms with Crippen LogP contribution in [0, 0.1) is 5.82 Å². The summed E-state index contributed by atoms with van der Waals surface area (Å²) in [4.78, 5) is 28.0. The summed E-state index contributed by atoms with van der Waals surface area (Å²) < 4.78 is 68.7. The van der Waals surface area contributed by atoms with Gasteiger partial charge < -0.3 is 20.1 Å². The number of pyridine rings is 1. The third kappa shape index (κ3) is 6.31. The van der Waals surface area contributed by atoms with Crippen molar-refractivity contribution in [1.29, 1.82) is 0 Å². The number of carbonyl (C=O) groups excluding carboxylic acids is 1. The highest BCUT2D eigenvalue weighted by Crippen LogP contribution is 2.48. The van der Waals surface area contributed by atoms with E-state index >= 15 is 0 Å². The fraction of sp³-hybridized carbons (Fsp3) is 0.538. The summed E-state index contributed by atoms with van der Waals surface area (Å²) in [5.74, 6) is -1.85. The predicted molar refractivity (Wildman–Crippen MR) is 132 cm³/mol. The molecule has 1 aliphatic carbocycles. The van der Waals surface area contributed by atoms with Gasteiger partial charge in [0.05, 0.1) is 16.8 Å². The van der Waals surface area contributed by atoms with E-state index in [0.717, 1.165) is 48.8 Å².